The number of aromatic nitrogens is 2. The minimum absolute atomic E-state index is 0.0585. The first-order valence-electron chi connectivity index (χ1n) is 8.55. The van der Waals surface area contributed by atoms with Gasteiger partial charge in [0, 0.05) is 37.8 Å². The SMILES string of the molecule is CN1NCCn2nc3c(c2C1=O)CN(C(=O)Nc1ccc(F)c(Cl)c1)CC3. The van der Waals surface area contributed by atoms with E-state index in [-0.39, 0.29) is 23.5 Å². The van der Waals surface area contributed by atoms with Crippen molar-refractivity contribution in [1.82, 2.24) is 25.1 Å². The molecule has 0 spiro atoms. The van der Waals surface area contributed by atoms with Crippen molar-refractivity contribution in [3.8, 4) is 0 Å². The Bertz CT molecular complexity index is 930. The summed E-state index contributed by atoms with van der Waals surface area (Å²) in [7, 11) is 1.67. The highest BCUT2D eigenvalue weighted by Gasteiger charge is 2.32. The fourth-order valence-corrected chi connectivity index (χ4v) is 3.51. The second kappa shape index (κ2) is 6.82. The number of fused-ring (bicyclic) bond motifs is 3. The number of rotatable bonds is 1. The molecule has 3 amide bonds. The molecule has 2 aromatic rings. The number of hydrazine groups is 1. The lowest BCUT2D eigenvalue weighted by Gasteiger charge is -2.27. The molecule has 142 valence electrons. The number of hydrogen-bond acceptors (Lipinski definition) is 4. The van der Waals surface area contributed by atoms with Crippen LogP contribution in [0.5, 0.6) is 0 Å². The van der Waals surface area contributed by atoms with Crippen molar-refractivity contribution >= 4 is 29.2 Å². The largest absolute Gasteiger partial charge is 0.322 e. The minimum atomic E-state index is -0.545. The molecular weight excluding hydrogens is 375 g/mol. The Kier molecular flexibility index (Phi) is 4.48. The summed E-state index contributed by atoms with van der Waals surface area (Å²) in [5.41, 5.74) is 5.54. The zero-order valence-corrected chi connectivity index (χ0v) is 15.4. The summed E-state index contributed by atoms with van der Waals surface area (Å²) in [5, 5.41) is 8.65. The van der Waals surface area contributed by atoms with Crippen LogP contribution in [0.4, 0.5) is 14.9 Å². The average Bonchev–Trinajstić information content (AvgIpc) is 2.94. The second-order valence-corrected chi connectivity index (χ2v) is 6.91. The quantitative estimate of drug-likeness (QED) is 0.776. The van der Waals surface area contributed by atoms with E-state index in [0.717, 1.165) is 11.3 Å². The van der Waals surface area contributed by atoms with E-state index in [9.17, 15) is 14.0 Å². The number of carbonyl (C=O) groups excluding carboxylic acids is 2. The van der Waals surface area contributed by atoms with E-state index in [1.807, 2.05) is 0 Å². The number of nitrogens with one attached hydrogen (secondary N) is 2. The summed E-state index contributed by atoms with van der Waals surface area (Å²) in [4.78, 5) is 26.9. The van der Waals surface area contributed by atoms with Crippen LogP contribution in [0.3, 0.4) is 0 Å². The maximum absolute atomic E-state index is 13.3. The molecule has 0 radical (unpaired) electrons. The summed E-state index contributed by atoms with van der Waals surface area (Å²) in [6.45, 7) is 1.95. The number of hydrogen-bond donors (Lipinski definition) is 2. The Balaban J connectivity index is 1.56. The van der Waals surface area contributed by atoms with Crippen LogP contribution < -0.4 is 10.7 Å². The highest BCUT2D eigenvalue weighted by Crippen LogP contribution is 2.25. The van der Waals surface area contributed by atoms with Gasteiger partial charge in [-0.2, -0.15) is 5.10 Å². The molecule has 1 aromatic heterocycles. The Morgan fingerprint density at radius 1 is 1.37 bits per heavy atom. The molecule has 27 heavy (non-hydrogen) atoms. The first-order valence-corrected chi connectivity index (χ1v) is 8.93. The highest BCUT2D eigenvalue weighted by atomic mass is 35.5. The molecule has 0 saturated heterocycles. The molecule has 2 aliphatic rings. The molecule has 1 aromatic carbocycles. The molecule has 8 nitrogen and oxygen atoms in total. The Labute approximate surface area is 159 Å². The van der Waals surface area contributed by atoms with Gasteiger partial charge < -0.3 is 10.2 Å². The number of benzene rings is 1. The summed E-state index contributed by atoms with van der Waals surface area (Å²) in [6, 6.07) is 3.67. The van der Waals surface area contributed by atoms with E-state index in [1.54, 1.807) is 16.6 Å². The van der Waals surface area contributed by atoms with Gasteiger partial charge in [-0.15, -0.1) is 0 Å². The fourth-order valence-electron chi connectivity index (χ4n) is 3.33. The summed E-state index contributed by atoms with van der Waals surface area (Å²) in [6.07, 6.45) is 0.567. The Hall–Kier alpha value is -2.65. The maximum Gasteiger partial charge on any atom is 0.322 e. The first-order chi connectivity index (χ1) is 12.9. The summed E-state index contributed by atoms with van der Waals surface area (Å²) in [5.74, 6) is -0.718. The van der Waals surface area contributed by atoms with Gasteiger partial charge in [0.15, 0.2) is 0 Å². The number of amides is 3. The lowest BCUT2D eigenvalue weighted by Crippen LogP contribution is -2.41. The van der Waals surface area contributed by atoms with Gasteiger partial charge in [0.2, 0.25) is 0 Å². The van der Waals surface area contributed by atoms with Crippen LogP contribution in [0.1, 0.15) is 21.7 Å². The van der Waals surface area contributed by atoms with Crippen LogP contribution in [-0.4, -0.2) is 51.8 Å². The first kappa shape index (κ1) is 17.7. The number of anilines is 1. The molecule has 2 aliphatic heterocycles. The van der Waals surface area contributed by atoms with Crippen molar-refractivity contribution in [2.45, 2.75) is 19.5 Å². The van der Waals surface area contributed by atoms with Crippen LogP contribution >= 0.6 is 11.6 Å². The van der Waals surface area contributed by atoms with E-state index in [1.165, 1.54) is 23.2 Å². The van der Waals surface area contributed by atoms with Gasteiger partial charge in [-0.3, -0.25) is 14.5 Å². The lowest BCUT2D eigenvalue weighted by molar-refractivity contribution is 0.0723. The Morgan fingerprint density at radius 3 is 2.96 bits per heavy atom. The Morgan fingerprint density at radius 2 is 2.19 bits per heavy atom. The van der Waals surface area contributed by atoms with Gasteiger partial charge in [-0.1, -0.05) is 11.6 Å². The zero-order valence-electron chi connectivity index (χ0n) is 14.6. The van der Waals surface area contributed by atoms with Crippen LogP contribution in [0, 0.1) is 5.82 Å². The van der Waals surface area contributed by atoms with Crippen molar-refractivity contribution in [2.24, 2.45) is 0 Å². The van der Waals surface area contributed by atoms with E-state index in [4.69, 9.17) is 11.6 Å². The molecule has 0 unspecified atom stereocenters. The normalized spacial score (nSPS) is 16.6. The van der Waals surface area contributed by atoms with E-state index in [0.29, 0.717) is 37.4 Å². The summed E-state index contributed by atoms with van der Waals surface area (Å²) >= 11 is 5.76. The van der Waals surface area contributed by atoms with Crippen molar-refractivity contribution in [3.05, 3.63) is 46.0 Å². The molecule has 0 bridgehead atoms. The van der Waals surface area contributed by atoms with Crippen molar-refractivity contribution < 1.29 is 14.0 Å². The third-order valence-electron chi connectivity index (χ3n) is 4.74. The predicted molar refractivity (Wildman–Crippen MR) is 96.9 cm³/mol. The molecule has 0 fully saturated rings. The van der Waals surface area contributed by atoms with Crippen molar-refractivity contribution in [3.63, 3.8) is 0 Å². The molecule has 0 saturated carbocycles. The van der Waals surface area contributed by atoms with Crippen LogP contribution in [0.25, 0.3) is 0 Å². The van der Waals surface area contributed by atoms with Gasteiger partial charge in [0.25, 0.3) is 5.91 Å². The van der Waals surface area contributed by atoms with E-state index in [2.05, 4.69) is 15.8 Å². The fraction of sp³-hybridized carbons (Fsp3) is 0.353. The van der Waals surface area contributed by atoms with Crippen LogP contribution in [0.2, 0.25) is 5.02 Å². The van der Waals surface area contributed by atoms with Gasteiger partial charge in [0.05, 0.1) is 23.8 Å². The third kappa shape index (κ3) is 3.24. The average molecular weight is 393 g/mol. The molecule has 2 N–H and O–H groups in total. The van der Waals surface area contributed by atoms with Gasteiger partial charge in [0.1, 0.15) is 11.5 Å². The predicted octanol–water partition coefficient (Wildman–Crippen LogP) is 1.86. The molecule has 0 atom stereocenters. The van der Waals surface area contributed by atoms with E-state index < -0.39 is 5.82 Å². The third-order valence-corrected chi connectivity index (χ3v) is 5.03. The van der Waals surface area contributed by atoms with Crippen LogP contribution in [-0.2, 0) is 19.5 Å². The zero-order chi connectivity index (χ0) is 19.1. The van der Waals surface area contributed by atoms with Crippen molar-refractivity contribution in [1.29, 1.82) is 0 Å². The molecule has 3 heterocycles. The standard InChI is InChI=1S/C17H18ClFN6O2/c1-23-16(26)15-11-9-24(6-4-14(11)22-25(15)7-5-20-23)17(27)21-10-2-3-13(19)12(18)8-10/h2-3,8,20H,4-7,9H2,1H3,(H,21,27). The van der Waals surface area contributed by atoms with Gasteiger partial charge >= 0.3 is 6.03 Å². The topological polar surface area (TPSA) is 82.5 Å². The van der Waals surface area contributed by atoms with Crippen LogP contribution in [0.15, 0.2) is 18.2 Å². The highest BCUT2D eigenvalue weighted by molar-refractivity contribution is 6.31. The second-order valence-electron chi connectivity index (χ2n) is 6.50. The molecular formula is C17H18ClFN6O2. The lowest BCUT2D eigenvalue weighted by atomic mass is 10.1. The smallest absolute Gasteiger partial charge is 0.320 e. The minimum Gasteiger partial charge on any atom is -0.320 e. The van der Waals surface area contributed by atoms with Gasteiger partial charge in [-0.05, 0) is 18.2 Å². The van der Waals surface area contributed by atoms with E-state index >= 15 is 0 Å². The number of halogens is 2. The number of urea groups is 1. The summed E-state index contributed by atoms with van der Waals surface area (Å²) < 4.78 is 15.0. The molecule has 4 rings (SSSR count). The monoisotopic (exact) mass is 392 g/mol. The number of carbonyl (C=O) groups is 2. The van der Waals surface area contributed by atoms with Crippen molar-refractivity contribution in [2.75, 3.05) is 25.5 Å². The molecule has 10 heteroatoms. The maximum atomic E-state index is 13.3. The molecule has 0 aliphatic carbocycles. The number of nitrogens with zero attached hydrogens (tertiary/aromatic N) is 4. The van der Waals surface area contributed by atoms with Gasteiger partial charge in [-0.25, -0.2) is 14.6 Å².